The zero-order valence-corrected chi connectivity index (χ0v) is 14.1. The van der Waals surface area contributed by atoms with Crippen LogP contribution in [-0.4, -0.2) is 18.4 Å². The van der Waals surface area contributed by atoms with Crippen LogP contribution in [0.3, 0.4) is 0 Å². The highest BCUT2D eigenvalue weighted by Crippen LogP contribution is 2.20. The molecule has 23 heavy (non-hydrogen) atoms. The molecular weight excluding hydrogens is 361 g/mol. The Kier molecular flexibility index (Phi) is 6.28. The van der Waals surface area contributed by atoms with Crippen molar-refractivity contribution in [2.75, 3.05) is 6.54 Å². The molecule has 0 aliphatic rings. The SMILES string of the molecule is O=C(CNC(=O)c1ccc(Cl)cc1Cl)OCc1ccc(Cl)cc1. The molecule has 0 aliphatic heterocycles. The van der Waals surface area contributed by atoms with Crippen LogP contribution in [0.2, 0.25) is 15.1 Å². The van der Waals surface area contributed by atoms with E-state index in [0.29, 0.717) is 10.0 Å². The Morgan fingerprint density at radius 3 is 2.26 bits per heavy atom. The number of amides is 1. The summed E-state index contributed by atoms with van der Waals surface area (Å²) in [6, 6.07) is 11.4. The summed E-state index contributed by atoms with van der Waals surface area (Å²) >= 11 is 17.4. The number of carbonyl (C=O) groups is 2. The normalized spacial score (nSPS) is 10.2. The van der Waals surface area contributed by atoms with E-state index < -0.39 is 11.9 Å². The van der Waals surface area contributed by atoms with Crippen molar-refractivity contribution < 1.29 is 14.3 Å². The van der Waals surface area contributed by atoms with E-state index in [1.54, 1.807) is 30.3 Å². The summed E-state index contributed by atoms with van der Waals surface area (Å²) in [4.78, 5) is 23.6. The van der Waals surface area contributed by atoms with Gasteiger partial charge >= 0.3 is 5.97 Å². The topological polar surface area (TPSA) is 55.4 Å². The van der Waals surface area contributed by atoms with Crippen molar-refractivity contribution in [3.8, 4) is 0 Å². The summed E-state index contributed by atoms with van der Waals surface area (Å²) in [5, 5.41) is 3.68. The number of rotatable bonds is 5. The van der Waals surface area contributed by atoms with E-state index in [-0.39, 0.29) is 23.7 Å². The minimum Gasteiger partial charge on any atom is -0.460 e. The van der Waals surface area contributed by atoms with E-state index >= 15 is 0 Å². The standard InChI is InChI=1S/C16H12Cl3NO3/c17-11-3-1-10(2-4-11)9-23-15(21)8-20-16(22)13-6-5-12(18)7-14(13)19/h1-7H,8-9H2,(H,20,22). The first kappa shape index (κ1) is 17.6. The van der Waals surface area contributed by atoms with Crippen molar-refractivity contribution >= 4 is 46.7 Å². The van der Waals surface area contributed by atoms with Crippen LogP contribution in [0.1, 0.15) is 15.9 Å². The third-order valence-corrected chi connectivity index (χ3v) is 3.68. The molecule has 0 spiro atoms. The molecule has 2 aromatic rings. The highest BCUT2D eigenvalue weighted by atomic mass is 35.5. The largest absolute Gasteiger partial charge is 0.460 e. The van der Waals surface area contributed by atoms with Crippen LogP contribution in [0.5, 0.6) is 0 Å². The Hall–Kier alpha value is -1.75. The third-order valence-electron chi connectivity index (χ3n) is 2.88. The smallest absolute Gasteiger partial charge is 0.325 e. The monoisotopic (exact) mass is 371 g/mol. The number of halogens is 3. The van der Waals surface area contributed by atoms with Gasteiger partial charge in [0.05, 0.1) is 10.6 Å². The predicted molar refractivity (Wildman–Crippen MR) is 90.0 cm³/mol. The van der Waals surface area contributed by atoms with E-state index in [4.69, 9.17) is 39.5 Å². The van der Waals surface area contributed by atoms with Crippen molar-refractivity contribution in [2.45, 2.75) is 6.61 Å². The number of esters is 1. The average molecular weight is 373 g/mol. The quantitative estimate of drug-likeness (QED) is 0.803. The lowest BCUT2D eigenvalue weighted by Gasteiger charge is -2.08. The van der Waals surface area contributed by atoms with Gasteiger partial charge in [0, 0.05) is 10.0 Å². The molecule has 120 valence electrons. The first-order valence-electron chi connectivity index (χ1n) is 6.59. The summed E-state index contributed by atoms with van der Waals surface area (Å²) in [5.74, 6) is -1.03. The Labute approximate surface area is 148 Å². The van der Waals surface area contributed by atoms with E-state index in [1.807, 2.05) is 0 Å². The number of carbonyl (C=O) groups excluding carboxylic acids is 2. The molecular formula is C16H12Cl3NO3. The summed E-state index contributed by atoms with van der Waals surface area (Å²) in [7, 11) is 0. The van der Waals surface area contributed by atoms with Gasteiger partial charge in [-0.15, -0.1) is 0 Å². The van der Waals surface area contributed by atoms with Gasteiger partial charge in [-0.25, -0.2) is 0 Å². The highest BCUT2D eigenvalue weighted by molar-refractivity contribution is 6.36. The van der Waals surface area contributed by atoms with Gasteiger partial charge in [-0.2, -0.15) is 0 Å². The van der Waals surface area contributed by atoms with Crippen molar-refractivity contribution in [1.29, 1.82) is 0 Å². The minimum absolute atomic E-state index is 0.105. The van der Waals surface area contributed by atoms with Crippen LogP contribution in [-0.2, 0) is 16.1 Å². The van der Waals surface area contributed by atoms with Gasteiger partial charge in [-0.05, 0) is 35.9 Å². The highest BCUT2D eigenvalue weighted by Gasteiger charge is 2.12. The van der Waals surface area contributed by atoms with Crippen LogP contribution in [0, 0.1) is 0 Å². The van der Waals surface area contributed by atoms with Gasteiger partial charge in [0.2, 0.25) is 0 Å². The van der Waals surface area contributed by atoms with Gasteiger partial charge in [-0.3, -0.25) is 9.59 Å². The molecule has 0 bridgehead atoms. The molecule has 0 fully saturated rings. The van der Waals surface area contributed by atoms with E-state index in [1.165, 1.54) is 12.1 Å². The van der Waals surface area contributed by atoms with Crippen molar-refractivity contribution in [1.82, 2.24) is 5.32 Å². The molecule has 1 amide bonds. The fourth-order valence-corrected chi connectivity index (χ4v) is 2.34. The van der Waals surface area contributed by atoms with E-state index in [0.717, 1.165) is 5.56 Å². The van der Waals surface area contributed by atoms with Crippen LogP contribution >= 0.6 is 34.8 Å². The first-order chi connectivity index (χ1) is 11.0. The summed E-state index contributed by atoms with van der Waals surface area (Å²) in [5.41, 5.74) is 1.04. The summed E-state index contributed by atoms with van der Waals surface area (Å²) in [6.07, 6.45) is 0. The molecule has 0 saturated heterocycles. The van der Waals surface area contributed by atoms with Crippen LogP contribution in [0.4, 0.5) is 0 Å². The molecule has 2 rings (SSSR count). The molecule has 2 aromatic carbocycles. The number of ether oxygens (including phenoxy) is 1. The lowest BCUT2D eigenvalue weighted by atomic mass is 10.2. The molecule has 0 unspecified atom stereocenters. The lowest BCUT2D eigenvalue weighted by Crippen LogP contribution is -2.30. The number of benzene rings is 2. The van der Waals surface area contributed by atoms with E-state index in [9.17, 15) is 9.59 Å². The van der Waals surface area contributed by atoms with Gasteiger partial charge in [0.1, 0.15) is 13.2 Å². The maximum Gasteiger partial charge on any atom is 0.325 e. The minimum atomic E-state index is -0.557. The maximum absolute atomic E-state index is 11.9. The first-order valence-corrected chi connectivity index (χ1v) is 7.72. The maximum atomic E-state index is 11.9. The Bertz CT molecular complexity index is 717. The average Bonchev–Trinajstić information content (AvgIpc) is 2.52. The second-order valence-electron chi connectivity index (χ2n) is 4.59. The fraction of sp³-hybridized carbons (Fsp3) is 0.125. The fourth-order valence-electron chi connectivity index (χ4n) is 1.72. The Morgan fingerprint density at radius 1 is 0.957 bits per heavy atom. The number of nitrogens with one attached hydrogen (secondary N) is 1. The Morgan fingerprint density at radius 2 is 1.61 bits per heavy atom. The van der Waals surface area contributed by atoms with Crippen molar-refractivity contribution in [2.24, 2.45) is 0 Å². The zero-order chi connectivity index (χ0) is 16.8. The second-order valence-corrected chi connectivity index (χ2v) is 5.87. The molecule has 0 saturated carbocycles. The third kappa shape index (κ3) is 5.43. The molecule has 0 aliphatic carbocycles. The predicted octanol–water partition coefficient (Wildman–Crippen LogP) is 4.12. The van der Waals surface area contributed by atoms with Crippen LogP contribution in [0.25, 0.3) is 0 Å². The second kappa shape index (κ2) is 8.20. The van der Waals surface area contributed by atoms with Crippen molar-refractivity contribution in [3.05, 3.63) is 68.7 Å². The molecule has 4 nitrogen and oxygen atoms in total. The van der Waals surface area contributed by atoms with E-state index in [2.05, 4.69) is 5.32 Å². The van der Waals surface area contributed by atoms with Gasteiger partial charge in [0.15, 0.2) is 0 Å². The van der Waals surface area contributed by atoms with Gasteiger partial charge in [-0.1, -0.05) is 46.9 Å². The number of hydrogen-bond donors (Lipinski definition) is 1. The van der Waals surface area contributed by atoms with Gasteiger partial charge < -0.3 is 10.1 Å². The van der Waals surface area contributed by atoms with Crippen molar-refractivity contribution in [3.63, 3.8) is 0 Å². The van der Waals surface area contributed by atoms with Crippen LogP contribution < -0.4 is 5.32 Å². The molecule has 0 radical (unpaired) electrons. The van der Waals surface area contributed by atoms with Gasteiger partial charge in [0.25, 0.3) is 5.91 Å². The lowest BCUT2D eigenvalue weighted by molar-refractivity contribution is -0.143. The molecule has 0 aromatic heterocycles. The summed E-state index contributed by atoms with van der Waals surface area (Å²) < 4.78 is 5.05. The molecule has 7 heteroatoms. The summed E-state index contributed by atoms with van der Waals surface area (Å²) in [6.45, 7) is -0.154. The number of hydrogen-bond acceptors (Lipinski definition) is 3. The molecule has 0 heterocycles. The van der Waals surface area contributed by atoms with Crippen LogP contribution in [0.15, 0.2) is 42.5 Å². The molecule has 1 N–H and O–H groups in total. The molecule has 0 atom stereocenters. The zero-order valence-electron chi connectivity index (χ0n) is 11.8. The Balaban J connectivity index is 1.81.